The van der Waals surface area contributed by atoms with Crippen molar-refractivity contribution in [2.45, 2.75) is 57.0 Å². The third-order valence-electron chi connectivity index (χ3n) is 6.85. The van der Waals surface area contributed by atoms with E-state index in [0.29, 0.717) is 31.1 Å². The SMILES string of the molecule is CN1CCC(NCc2cn(-c3ccc4c(c3)CN(C3CCC(=O)NC3=O)C4=O)nn2)CC1.O=C(O)C(F)(F)F. The Morgan fingerprint density at radius 2 is 1.87 bits per heavy atom. The molecule has 2 fully saturated rings. The highest BCUT2D eigenvalue weighted by Crippen LogP contribution is 2.29. The highest BCUT2D eigenvalue weighted by atomic mass is 19.4. The third-order valence-corrected chi connectivity index (χ3v) is 6.85. The monoisotopic (exact) mass is 551 g/mol. The zero-order valence-electron chi connectivity index (χ0n) is 21.1. The van der Waals surface area contributed by atoms with Crippen LogP contribution in [0.4, 0.5) is 13.2 Å². The minimum Gasteiger partial charge on any atom is -0.475 e. The molecule has 0 radical (unpaired) electrons. The van der Waals surface area contributed by atoms with Crippen LogP contribution in [0, 0.1) is 0 Å². The number of nitrogens with zero attached hydrogens (tertiary/aromatic N) is 5. The van der Waals surface area contributed by atoms with E-state index in [2.05, 4.69) is 32.9 Å². The van der Waals surface area contributed by atoms with Crippen LogP contribution in [0.25, 0.3) is 5.69 Å². The number of nitrogens with one attached hydrogen (secondary N) is 2. The van der Waals surface area contributed by atoms with Gasteiger partial charge in [0, 0.05) is 31.1 Å². The van der Waals surface area contributed by atoms with Crippen molar-refractivity contribution < 1.29 is 37.5 Å². The Labute approximate surface area is 221 Å². The summed E-state index contributed by atoms with van der Waals surface area (Å²) in [7, 11) is 2.15. The molecule has 1 atom stereocenters. The van der Waals surface area contributed by atoms with E-state index in [9.17, 15) is 27.6 Å². The van der Waals surface area contributed by atoms with E-state index in [-0.39, 0.29) is 18.2 Å². The fourth-order valence-electron chi connectivity index (χ4n) is 4.67. The van der Waals surface area contributed by atoms with Crippen molar-refractivity contribution in [1.82, 2.24) is 35.4 Å². The molecule has 3 amide bonds. The molecule has 0 spiro atoms. The maximum atomic E-state index is 12.8. The molecule has 1 aromatic carbocycles. The Balaban J connectivity index is 0.000000448. The lowest BCUT2D eigenvalue weighted by Crippen LogP contribution is -2.52. The number of alkyl halides is 3. The van der Waals surface area contributed by atoms with Crippen LogP contribution in [0.1, 0.15) is 47.3 Å². The van der Waals surface area contributed by atoms with Gasteiger partial charge in [-0.15, -0.1) is 5.10 Å². The quantitative estimate of drug-likeness (QED) is 0.460. The molecule has 2 aromatic rings. The molecule has 0 bridgehead atoms. The van der Waals surface area contributed by atoms with E-state index in [1.165, 1.54) is 0 Å². The largest absolute Gasteiger partial charge is 0.490 e. The summed E-state index contributed by atoms with van der Waals surface area (Å²) in [5, 5.41) is 21.6. The average molecular weight is 552 g/mol. The molecule has 5 rings (SSSR count). The first-order chi connectivity index (χ1) is 18.4. The molecule has 3 aliphatic rings. The molecule has 1 unspecified atom stereocenters. The van der Waals surface area contributed by atoms with Crippen LogP contribution in [-0.2, 0) is 27.5 Å². The van der Waals surface area contributed by atoms with E-state index in [0.717, 1.165) is 42.9 Å². The number of aliphatic carboxylic acids is 1. The molecule has 210 valence electrons. The molecule has 0 aliphatic carbocycles. The first-order valence-electron chi connectivity index (χ1n) is 12.3. The second-order valence-electron chi connectivity index (χ2n) is 9.66. The van der Waals surface area contributed by atoms with Crippen molar-refractivity contribution in [2.75, 3.05) is 20.1 Å². The summed E-state index contributed by atoms with van der Waals surface area (Å²) in [6.07, 6.45) is -0.318. The maximum absolute atomic E-state index is 12.8. The number of amides is 3. The van der Waals surface area contributed by atoms with Crippen molar-refractivity contribution in [1.29, 1.82) is 0 Å². The smallest absolute Gasteiger partial charge is 0.475 e. The second kappa shape index (κ2) is 11.5. The lowest BCUT2D eigenvalue weighted by Gasteiger charge is -2.29. The predicted molar refractivity (Wildman–Crippen MR) is 128 cm³/mol. The molecule has 3 aliphatic heterocycles. The van der Waals surface area contributed by atoms with Crippen molar-refractivity contribution in [3.8, 4) is 5.69 Å². The molecular formula is C24H28F3N7O5. The van der Waals surface area contributed by atoms with Gasteiger partial charge in [-0.2, -0.15) is 13.2 Å². The Hall–Kier alpha value is -3.85. The van der Waals surface area contributed by atoms with Gasteiger partial charge >= 0.3 is 12.1 Å². The Bertz CT molecular complexity index is 1260. The summed E-state index contributed by atoms with van der Waals surface area (Å²) < 4.78 is 33.4. The number of piperidine rings is 2. The van der Waals surface area contributed by atoms with E-state index in [1.807, 2.05) is 18.3 Å². The van der Waals surface area contributed by atoms with Crippen LogP contribution < -0.4 is 10.6 Å². The van der Waals surface area contributed by atoms with Gasteiger partial charge in [0.25, 0.3) is 5.91 Å². The summed E-state index contributed by atoms with van der Waals surface area (Å²) in [4.78, 5) is 49.3. The molecule has 4 heterocycles. The molecule has 3 N–H and O–H groups in total. The number of rotatable bonds is 5. The normalized spacial score (nSPS) is 20.4. The topological polar surface area (TPSA) is 150 Å². The van der Waals surface area contributed by atoms with E-state index >= 15 is 0 Å². The first-order valence-corrected chi connectivity index (χ1v) is 12.3. The number of hydrogen-bond acceptors (Lipinski definition) is 8. The zero-order chi connectivity index (χ0) is 28.3. The first kappa shape index (κ1) is 28.2. The van der Waals surface area contributed by atoms with E-state index in [4.69, 9.17) is 9.90 Å². The fourth-order valence-corrected chi connectivity index (χ4v) is 4.67. The highest BCUT2D eigenvalue weighted by molar-refractivity contribution is 6.05. The van der Waals surface area contributed by atoms with Crippen LogP contribution in [-0.4, -0.2) is 92.0 Å². The third kappa shape index (κ3) is 6.78. The van der Waals surface area contributed by atoms with Gasteiger partial charge in [-0.3, -0.25) is 19.7 Å². The zero-order valence-corrected chi connectivity index (χ0v) is 21.1. The summed E-state index contributed by atoms with van der Waals surface area (Å²) in [5.41, 5.74) is 3.12. The molecule has 15 heteroatoms. The summed E-state index contributed by atoms with van der Waals surface area (Å²) >= 11 is 0. The number of carboxylic acid groups (broad SMARTS) is 1. The standard InChI is InChI=1S/C22H27N7O3.C2HF3O2/c1-27-8-6-15(7-9-27)23-11-16-13-29(26-25-16)17-2-3-18-14(10-17)12-28(22(18)32)19-4-5-20(30)24-21(19)31;3-2(4,5)1(6)7/h2-3,10,13,15,19,23H,4-9,11-12H2,1H3,(H,24,30,31);(H,6,7). The number of hydrogen-bond donors (Lipinski definition) is 3. The van der Waals surface area contributed by atoms with E-state index in [1.54, 1.807) is 15.6 Å². The second-order valence-corrected chi connectivity index (χ2v) is 9.66. The molecular weight excluding hydrogens is 523 g/mol. The Morgan fingerprint density at radius 1 is 1.18 bits per heavy atom. The van der Waals surface area contributed by atoms with Gasteiger partial charge < -0.3 is 20.2 Å². The lowest BCUT2D eigenvalue weighted by atomic mass is 10.0. The molecule has 1 aromatic heterocycles. The number of carbonyl (C=O) groups is 4. The van der Waals surface area contributed by atoms with Gasteiger partial charge in [0.15, 0.2) is 0 Å². The van der Waals surface area contributed by atoms with Crippen molar-refractivity contribution >= 4 is 23.7 Å². The maximum Gasteiger partial charge on any atom is 0.490 e. The summed E-state index contributed by atoms with van der Waals surface area (Å²) in [6, 6.07) is 5.42. The number of likely N-dealkylation sites (tertiary alicyclic amines) is 1. The molecule has 12 nitrogen and oxygen atoms in total. The minimum atomic E-state index is -5.08. The van der Waals surface area contributed by atoms with Crippen molar-refractivity contribution in [3.63, 3.8) is 0 Å². The van der Waals surface area contributed by atoms with Gasteiger partial charge in [0.2, 0.25) is 11.8 Å². The number of imide groups is 1. The van der Waals surface area contributed by atoms with Gasteiger partial charge in [-0.1, -0.05) is 5.21 Å². The molecule has 39 heavy (non-hydrogen) atoms. The molecule has 2 saturated heterocycles. The Kier molecular flexibility index (Phi) is 8.30. The Morgan fingerprint density at radius 3 is 2.51 bits per heavy atom. The number of fused-ring (bicyclic) bond motifs is 1. The van der Waals surface area contributed by atoms with Crippen LogP contribution in [0.2, 0.25) is 0 Å². The number of carbonyl (C=O) groups excluding carboxylic acids is 3. The summed E-state index contributed by atoms with van der Waals surface area (Å²) in [6.45, 7) is 3.22. The molecule has 0 saturated carbocycles. The van der Waals surface area contributed by atoms with Gasteiger partial charge in [-0.05, 0) is 63.2 Å². The van der Waals surface area contributed by atoms with Gasteiger partial charge in [-0.25, -0.2) is 9.48 Å². The average Bonchev–Trinajstić information content (AvgIpc) is 3.48. The predicted octanol–water partition coefficient (Wildman–Crippen LogP) is 0.845. The minimum absolute atomic E-state index is 0.178. The van der Waals surface area contributed by atoms with Gasteiger partial charge in [0.05, 0.1) is 17.6 Å². The van der Waals surface area contributed by atoms with Crippen LogP contribution in [0.5, 0.6) is 0 Å². The summed E-state index contributed by atoms with van der Waals surface area (Å²) in [5.74, 6) is -3.62. The number of halogens is 3. The highest BCUT2D eigenvalue weighted by Gasteiger charge is 2.39. The van der Waals surface area contributed by atoms with Crippen molar-refractivity contribution in [2.24, 2.45) is 0 Å². The number of benzene rings is 1. The van der Waals surface area contributed by atoms with E-state index < -0.39 is 24.1 Å². The fraction of sp³-hybridized carbons (Fsp3) is 0.500. The lowest BCUT2D eigenvalue weighted by molar-refractivity contribution is -0.192. The van der Waals surface area contributed by atoms with Crippen LogP contribution >= 0.6 is 0 Å². The van der Waals surface area contributed by atoms with Crippen LogP contribution in [0.15, 0.2) is 24.4 Å². The van der Waals surface area contributed by atoms with Crippen LogP contribution in [0.3, 0.4) is 0 Å². The number of carboxylic acids is 1. The number of aromatic nitrogens is 3. The van der Waals surface area contributed by atoms with Gasteiger partial charge in [0.1, 0.15) is 6.04 Å². The van der Waals surface area contributed by atoms with Crippen molar-refractivity contribution in [3.05, 3.63) is 41.2 Å².